The molecule has 0 radical (unpaired) electrons. The minimum absolute atomic E-state index is 0.268. The van der Waals surface area contributed by atoms with Gasteiger partial charge in [-0.2, -0.15) is 5.10 Å². The van der Waals surface area contributed by atoms with Gasteiger partial charge in [0.2, 0.25) is 0 Å². The number of nitrogens with one attached hydrogen (secondary N) is 1. The van der Waals surface area contributed by atoms with Crippen LogP contribution >= 0.6 is 0 Å². The van der Waals surface area contributed by atoms with Crippen LogP contribution in [0.4, 0.5) is 4.39 Å². The lowest BCUT2D eigenvalue weighted by atomic mass is 10.1. The first-order valence-electron chi connectivity index (χ1n) is 5.41. The zero-order valence-electron chi connectivity index (χ0n) is 9.34. The summed E-state index contributed by atoms with van der Waals surface area (Å²) in [5.74, 6) is 0.321. The average Bonchev–Trinajstić information content (AvgIpc) is 2.90. The molecular formula is C13H9FN4. The molecule has 0 aliphatic rings. The van der Waals surface area contributed by atoms with E-state index in [9.17, 15) is 4.39 Å². The maximum atomic E-state index is 12.9. The Kier molecular flexibility index (Phi) is 2.57. The highest BCUT2D eigenvalue weighted by Crippen LogP contribution is 2.27. The van der Waals surface area contributed by atoms with Crippen LogP contribution in [0.15, 0.2) is 48.9 Å². The van der Waals surface area contributed by atoms with Crippen molar-refractivity contribution in [2.45, 2.75) is 0 Å². The third kappa shape index (κ3) is 1.86. The molecule has 0 unspecified atom stereocenters. The van der Waals surface area contributed by atoms with E-state index in [1.54, 1.807) is 36.8 Å². The van der Waals surface area contributed by atoms with Gasteiger partial charge in [0.15, 0.2) is 5.82 Å². The summed E-state index contributed by atoms with van der Waals surface area (Å²) in [6.07, 6.45) is 5.00. The Balaban J connectivity index is 2.10. The van der Waals surface area contributed by atoms with Crippen LogP contribution in [0, 0.1) is 5.82 Å². The van der Waals surface area contributed by atoms with Gasteiger partial charge in [0.05, 0.1) is 17.5 Å². The summed E-state index contributed by atoms with van der Waals surface area (Å²) < 4.78 is 12.9. The molecule has 0 aliphatic heterocycles. The van der Waals surface area contributed by atoms with Crippen LogP contribution in [0.25, 0.3) is 22.6 Å². The number of H-pyrrole nitrogens is 1. The molecule has 1 N–H and O–H groups in total. The third-order valence-electron chi connectivity index (χ3n) is 2.58. The Hall–Kier alpha value is -2.56. The van der Waals surface area contributed by atoms with Crippen LogP contribution < -0.4 is 0 Å². The molecule has 3 rings (SSSR count). The van der Waals surface area contributed by atoms with Gasteiger partial charge in [-0.05, 0) is 30.3 Å². The number of aromatic nitrogens is 4. The van der Waals surface area contributed by atoms with Gasteiger partial charge < -0.3 is 0 Å². The smallest absolute Gasteiger partial charge is 0.162 e. The molecule has 0 amide bonds. The molecule has 0 saturated carbocycles. The lowest BCUT2D eigenvalue weighted by molar-refractivity contribution is 0.628. The molecule has 1 aromatic carbocycles. The summed E-state index contributed by atoms with van der Waals surface area (Å²) in [4.78, 5) is 8.36. The van der Waals surface area contributed by atoms with Crippen LogP contribution in [0.1, 0.15) is 0 Å². The Morgan fingerprint density at radius 1 is 1.00 bits per heavy atom. The van der Waals surface area contributed by atoms with Gasteiger partial charge in [0.1, 0.15) is 5.82 Å². The average molecular weight is 240 g/mol. The van der Waals surface area contributed by atoms with Crippen molar-refractivity contribution < 1.29 is 4.39 Å². The molecular weight excluding hydrogens is 231 g/mol. The van der Waals surface area contributed by atoms with Gasteiger partial charge in [-0.25, -0.2) is 14.4 Å². The van der Waals surface area contributed by atoms with Gasteiger partial charge in [0.25, 0.3) is 0 Å². The zero-order chi connectivity index (χ0) is 12.4. The summed E-state index contributed by atoms with van der Waals surface area (Å²) in [7, 11) is 0. The molecule has 2 aromatic heterocycles. The van der Waals surface area contributed by atoms with E-state index in [2.05, 4.69) is 20.2 Å². The molecule has 2 heterocycles. The van der Waals surface area contributed by atoms with E-state index in [1.165, 1.54) is 12.1 Å². The number of halogens is 1. The summed E-state index contributed by atoms with van der Waals surface area (Å²) >= 11 is 0. The molecule has 4 nitrogen and oxygen atoms in total. The fourth-order valence-electron chi connectivity index (χ4n) is 1.73. The molecule has 5 heteroatoms. The van der Waals surface area contributed by atoms with Crippen LogP contribution in [0.3, 0.4) is 0 Å². The Labute approximate surface area is 103 Å². The summed E-state index contributed by atoms with van der Waals surface area (Å²) in [5, 5.41) is 6.89. The number of rotatable bonds is 2. The fraction of sp³-hybridized carbons (Fsp3) is 0. The number of aromatic amines is 1. The fourth-order valence-corrected chi connectivity index (χ4v) is 1.73. The Morgan fingerprint density at radius 3 is 2.44 bits per heavy atom. The SMILES string of the molecule is Fc1ccc(-c2[nH]ncc2-c2ncccn2)cc1. The van der Waals surface area contributed by atoms with Crippen molar-refractivity contribution in [2.24, 2.45) is 0 Å². The maximum absolute atomic E-state index is 12.9. The van der Waals surface area contributed by atoms with E-state index >= 15 is 0 Å². The highest BCUT2D eigenvalue weighted by atomic mass is 19.1. The Bertz CT molecular complexity index is 646. The van der Waals surface area contributed by atoms with E-state index in [0.29, 0.717) is 5.82 Å². The Morgan fingerprint density at radius 2 is 1.72 bits per heavy atom. The molecule has 0 spiro atoms. The third-order valence-corrected chi connectivity index (χ3v) is 2.58. The van der Waals surface area contributed by atoms with Crippen molar-refractivity contribution in [3.05, 3.63) is 54.7 Å². The van der Waals surface area contributed by atoms with Crippen molar-refractivity contribution in [2.75, 3.05) is 0 Å². The van der Waals surface area contributed by atoms with Crippen molar-refractivity contribution >= 4 is 0 Å². The standard InChI is InChI=1S/C13H9FN4/c14-10-4-2-9(3-5-10)12-11(8-17-18-12)13-15-6-1-7-16-13/h1-8H,(H,17,18). The van der Waals surface area contributed by atoms with Crippen LogP contribution in [0.5, 0.6) is 0 Å². The van der Waals surface area contributed by atoms with Crippen LogP contribution in [0.2, 0.25) is 0 Å². The second-order valence-electron chi connectivity index (χ2n) is 3.74. The van der Waals surface area contributed by atoms with Crippen molar-refractivity contribution in [3.8, 4) is 22.6 Å². The van der Waals surface area contributed by atoms with E-state index in [1.807, 2.05) is 0 Å². The first-order valence-corrected chi connectivity index (χ1v) is 5.41. The molecule has 0 atom stereocenters. The molecule has 3 aromatic rings. The predicted molar refractivity (Wildman–Crippen MR) is 65.0 cm³/mol. The van der Waals surface area contributed by atoms with E-state index in [4.69, 9.17) is 0 Å². The summed E-state index contributed by atoms with van der Waals surface area (Å²) in [6.45, 7) is 0. The molecule has 0 saturated heterocycles. The number of hydrogen-bond acceptors (Lipinski definition) is 3. The van der Waals surface area contributed by atoms with Gasteiger partial charge in [-0.3, -0.25) is 5.10 Å². The lowest BCUT2D eigenvalue weighted by Crippen LogP contribution is -1.88. The van der Waals surface area contributed by atoms with Gasteiger partial charge in [0, 0.05) is 18.0 Å². The van der Waals surface area contributed by atoms with Crippen molar-refractivity contribution in [1.82, 2.24) is 20.2 Å². The first-order chi connectivity index (χ1) is 8.84. The highest BCUT2D eigenvalue weighted by Gasteiger charge is 2.11. The monoisotopic (exact) mass is 240 g/mol. The summed E-state index contributed by atoms with van der Waals surface area (Å²) in [5.41, 5.74) is 2.42. The largest absolute Gasteiger partial charge is 0.277 e. The van der Waals surface area contributed by atoms with Crippen LogP contribution in [-0.4, -0.2) is 20.2 Å². The molecule has 18 heavy (non-hydrogen) atoms. The minimum Gasteiger partial charge on any atom is -0.277 e. The first kappa shape index (κ1) is 10.6. The molecule has 0 aliphatic carbocycles. The topological polar surface area (TPSA) is 54.5 Å². The van der Waals surface area contributed by atoms with Crippen molar-refractivity contribution in [3.63, 3.8) is 0 Å². The number of nitrogens with zero attached hydrogens (tertiary/aromatic N) is 3. The van der Waals surface area contributed by atoms with E-state index < -0.39 is 0 Å². The normalized spacial score (nSPS) is 10.5. The van der Waals surface area contributed by atoms with Gasteiger partial charge in [-0.1, -0.05) is 0 Å². The van der Waals surface area contributed by atoms with E-state index in [-0.39, 0.29) is 5.82 Å². The number of benzene rings is 1. The highest BCUT2D eigenvalue weighted by molar-refractivity contribution is 5.76. The predicted octanol–water partition coefficient (Wildman–Crippen LogP) is 2.67. The number of hydrogen-bond donors (Lipinski definition) is 1. The zero-order valence-corrected chi connectivity index (χ0v) is 9.34. The maximum Gasteiger partial charge on any atom is 0.162 e. The molecule has 88 valence electrons. The van der Waals surface area contributed by atoms with Gasteiger partial charge in [-0.15, -0.1) is 0 Å². The second kappa shape index (κ2) is 4.37. The molecule has 0 bridgehead atoms. The second-order valence-corrected chi connectivity index (χ2v) is 3.74. The van der Waals surface area contributed by atoms with E-state index in [0.717, 1.165) is 16.8 Å². The van der Waals surface area contributed by atoms with Crippen LogP contribution in [-0.2, 0) is 0 Å². The lowest BCUT2D eigenvalue weighted by Gasteiger charge is -2.01. The molecule has 0 fully saturated rings. The minimum atomic E-state index is -0.268. The van der Waals surface area contributed by atoms with Gasteiger partial charge >= 0.3 is 0 Å². The summed E-state index contributed by atoms with van der Waals surface area (Å²) in [6, 6.07) is 7.95. The quantitative estimate of drug-likeness (QED) is 0.749. The van der Waals surface area contributed by atoms with Crippen molar-refractivity contribution in [1.29, 1.82) is 0 Å².